The van der Waals surface area contributed by atoms with Gasteiger partial charge >= 0.3 is 0 Å². The molecule has 0 spiro atoms. The predicted molar refractivity (Wildman–Crippen MR) is 498 cm³/mol. The van der Waals surface area contributed by atoms with Crippen LogP contribution in [0.15, 0.2) is 72.9 Å². The average molecular weight is 1780 g/mol. The fraction of sp³-hybridized carbons (Fsp3) is 0.621. The van der Waals surface area contributed by atoms with Crippen molar-refractivity contribution < 1.29 is 52.3 Å². The molecule has 4 amide bonds. The van der Waals surface area contributed by atoms with Crippen LogP contribution in [0.1, 0.15) is 264 Å². The van der Waals surface area contributed by atoms with E-state index >= 15 is 0 Å². The van der Waals surface area contributed by atoms with E-state index in [2.05, 4.69) is 109 Å². The third-order valence-corrected chi connectivity index (χ3v) is 25.1. The number of rotatable bonds is 25. The van der Waals surface area contributed by atoms with Crippen molar-refractivity contribution in [2.24, 2.45) is 11.3 Å². The van der Waals surface area contributed by atoms with Gasteiger partial charge in [-0.1, -0.05) is 58.2 Å². The number of pyridine rings is 5. The van der Waals surface area contributed by atoms with E-state index in [1.165, 1.54) is 51.4 Å². The Morgan fingerprint density at radius 1 is 0.430 bits per heavy atom. The zero-order chi connectivity index (χ0) is 90.0. The van der Waals surface area contributed by atoms with E-state index < -0.39 is 0 Å². The lowest BCUT2D eigenvalue weighted by molar-refractivity contribution is -0.119. The largest absolute Gasteiger partial charge is 0.379 e. The van der Waals surface area contributed by atoms with Crippen molar-refractivity contribution in [1.82, 2.24) is 72.7 Å². The first-order valence-electron chi connectivity index (χ1n) is 46.6. The van der Waals surface area contributed by atoms with Gasteiger partial charge in [0.15, 0.2) is 28.2 Å². The summed E-state index contributed by atoms with van der Waals surface area (Å²) in [4.78, 5) is 98.5. The standard InChI is InChI=1S/C21H31N5O3.C19H23ClN4O3.C19H28N4O3.C18H26N4O2.C18H24N4/c1-21(2,3)29-12-9-18(27)24-20-22-16-7-8-17(25-10-13-28-14-11-25)23-19(16)26(20)15-5-4-6-15;20-16-7-5-13-18(22-16)24(11-2-1-3-11)19(21-13)23-17(25)8-9-26-15-10-12-4-6-14(15)27-12;1-13-7-8-15-17(20-13)23(14-6-5-10-25-12-14)18(21-15)22-16(24)9-11-26-19(2,3)4;1-12-7-8-14-16(19-12)22(13-6-5-9-24-11-13)17(20-14)21-15(23)10-18(2,3)4;1-12-9-10-16-17(19-12)22(15-7-4-8-15)18(21-16)20-13(2)11-14-5-3-6-14/h7-8,15H,4-6,9-14H2,1-3H3,(H,22,24,27);5,7,11-12,14-15H,1-4,6,8-10H2,(H,21,23,25);7-8,14H,5-6,9-12H2,1-4H3,(H,21,22,24);7-8,13H,5-6,9-11H2,1-4H3,(H,20,21,23);9-10,14-15H,2-8,11H2,1H3,(H,20,21)/t;12-,14+,15?;;;/m.0.../s1. The summed E-state index contributed by atoms with van der Waals surface area (Å²) < 4.78 is 50.2. The fourth-order valence-electron chi connectivity index (χ4n) is 17.5. The van der Waals surface area contributed by atoms with E-state index in [0.717, 1.165) is 213 Å². The Balaban J connectivity index is 0.000000123. The number of amides is 4. The van der Waals surface area contributed by atoms with Gasteiger partial charge in [0.05, 0.1) is 107 Å². The first-order valence-corrected chi connectivity index (χ1v) is 47.0. The van der Waals surface area contributed by atoms with Crippen LogP contribution in [0.5, 0.6) is 0 Å². The van der Waals surface area contributed by atoms with Gasteiger partial charge < -0.3 is 43.4 Å². The number of halogens is 1. The van der Waals surface area contributed by atoms with Gasteiger partial charge in [0.25, 0.3) is 0 Å². The third kappa shape index (κ3) is 24.1. The lowest BCUT2D eigenvalue weighted by Crippen LogP contribution is -2.36. The van der Waals surface area contributed by atoms with Crippen molar-refractivity contribution in [2.75, 3.05) is 104 Å². The summed E-state index contributed by atoms with van der Waals surface area (Å²) in [7, 11) is 0. The molecule has 690 valence electrons. The zero-order valence-corrected chi connectivity index (χ0v) is 77.7. The molecule has 4 saturated carbocycles. The van der Waals surface area contributed by atoms with Crippen molar-refractivity contribution in [3.63, 3.8) is 0 Å². The molecular formula is C95H132ClN21O11. The first-order chi connectivity index (χ1) is 61.4. The van der Waals surface area contributed by atoms with Crippen LogP contribution in [0.2, 0.25) is 5.15 Å². The highest BCUT2D eigenvalue weighted by Gasteiger charge is 2.42. The quantitative estimate of drug-likeness (QED) is 0.0332. The molecule has 10 aromatic heterocycles. The number of hydrogen-bond donors (Lipinski definition) is 5. The van der Waals surface area contributed by atoms with E-state index in [0.29, 0.717) is 105 Å². The van der Waals surface area contributed by atoms with Gasteiger partial charge in [0.1, 0.15) is 38.6 Å². The van der Waals surface area contributed by atoms with Gasteiger partial charge in [-0.25, -0.2) is 49.8 Å². The maximum Gasteiger partial charge on any atom is 0.229 e. The fourth-order valence-corrected chi connectivity index (χ4v) is 17.6. The second kappa shape index (κ2) is 41.6. The number of hydrogen-bond acceptors (Lipinski definition) is 23. The van der Waals surface area contributed by atoms with Gasteiger partial charge in [-0.3, -0.25) is 63.3 Å². The predicted octanol–water partition coefficient (Wildman–Crippen LogP) is 17.9. The Morgan fingerprint density at radius 2 is 0.820 bits per heavy atom. The molecule has 3 unspecified atom stereocenters. The molecule has 2 bridgehead atoms. The number of morpholine rings is 1. The smallest absolute Gasteiger partial charge is 0.229 e. The molecule has 5 saturated heterocycles. The average Bonchev–Trinajstić information content (AvgIpc) is 1.62. The number of fused-ring (bicyclic) bond motifs is 7. The molecule has 5 aliphatic heterocycles. The van der Waals surface area contributed by atoms with Crippen LogP contribution in [0.25, 0.3) is 55.8 Å². The molecule has 5 N–H and O–H groups in total. The lowest BCUT2D eigenvalue weighted by Gasteiger charge is -2.30. The third-order valence-electron chi connectivity index (χ3n) is 24.9. The number of aromatic nitrogens is 15. The van der Waals surface area contributed by atoms with E-state index in [9.17, 15) is 19.2 Å². The van der Waals surface area contributed by atoms with Crippen LogP contribution in [-0.2, 0) is 52.3 Å². The Labute approximate surface area is 755 Å². The molecule has 5 atom stereocenters. The van der Waals surface area contributed by atoms with E-state index in [1.807, 2.05) is 125 Å². The first kappa shape index (κ1) is 93.0. The molecule has 33 heteroatoms. The molecule has 4 aliphatic carbocycles. The summed E-state index contributed by atoms with van der Waals surface area (Å²) in [6.07, 6.45) is 24.8. The van der Waals surface area contributed by atoms with Crippen molar-refractivity contribution in [2.45, 2.75) is 297 Å². The van der Waals surface area contributed by atoms with Crippen molar-refractivity contribution in [3.8, 4) is 0 Å². The molecule has 15 heterocycles. The number of nitrogens with one attached hydrogen (secondary N) is 5. The number of carbonyl (C=O) groups is 4. The number of allylic oxidation sites excluding steroid dienone is 1. The molecule has 9 fully saturated rings. The minimum atomic E-state index is -0.256. The topological polar surface area (TPSA) is 350 Å². The van der Waals surface area contributed by atoms with Crippen LogP contribution in [0.4, 0.5) is 35.6 Å². The molecule has 32 nitrogen and oxygen atoms in total. The Kier molecular flexibility index (Phi) is 30.2. The zero-order valence-electron chi connectivity index (χ0n) is 76.9. The maximum atomic E-state index is 12.5. The number of imidazole rings is 5. The van der Waals surface area contributed by atoms with Crippen molar-refractivity contribution >= 4 is 127 Å². The molecule has 0 radical (unpaired) electrons. The van der Waals surface area contributed by atoms with Gasteiger partial charge in [0, 0.05) is 80.0 Å². The van der Waals surface area contributed by atoms with Crippen molar-refractivity contribution in [3.05, 3.63) is 95.2 Å². The van der Waals surface area contributed by atoms with E-state index in [1.54, 1.807) is 6.07 Å². The monoisotopic (exact) mass is 1780 g/mol. The molecule has 19 rings (SSSR count). The Bertz CT molecular complexity index is 5510. The van der Waals surface area contributed by atoms with Crippen LogP contribution in [0.3, 0.4) is 0 Å². The highest BCUT2D eigenvalue weighted by Crippen LogP contribution is 2.43. The van der Waals surface area contributed by atoms with Gasteiger partial charge in [0.2, 0.25) is 53.4 Å². The second-order valence-corrected chi connectivity index (χ2v) is 39.2. The Hall–Kier alpha value is -9.67. The SMILES string of the molecule is C=C(CC1CCC1)Nc1nc2ccc(C)nc2n1C1CCC1.CC(C)(C)OCCC(=O)Nc1nc2ccc(N3CCOCC3)nc2n1C1CCC1.Cc1ccc2nc(NC(=O)CC(C)(C)C)n(C3CCCOC3)c2n1.Cc1ccc2nc(NC(=O)CCOC(C)(C)C)n(C3CCCOC3)c2n1.O=C(CCOC1C[C@@H]2CC[C@H]1O2)Nc1nc2ccc(Cl)nc2n1C1CCC1. The minimum Gasteiger partial charge on any atom is -0.379 e. The summed E-state index contributed by atoms with van der Waals surface area (Å²) in [5.41, 5.74) is 11.8. The Morgan fingerprint density at radius 3 is 1.20 bits per heavy atom. The normalized spacial score (nSPS) is 20.3. The number of aryl methyl sites for hydroxylation is 3. The summed E-state index contributed by atoms with van der Waals surface area (Å²) in [6, 6.07) is 20.9. The van der Waals surface area contributed by atoms with E-state index in [4.69, 9.17) is 59.7 Å². The number of carbonyl (C=O) groups excluding carboxylic acids is 4. The van der Waals surface area contributed by atoms with Gasteiger partial charge in [-0.15, -0.1) is 0 Å². The molecule has 10 aromatic rings. The number of anilines is 6. The molecule has 128 heavy (non-hydrogen) atoms. The molecule has 0 aromatic carbocycles. The number of ether oxygens (including phenoxy) is 7. The summed E-state index contributed by atoms with van der Waals surface area (Å²) in [5, 5.41) is 15.8. The highest BCUT2D eigenvalue weighted by molar-refractivity contribution is 6.29. The molecular weight excluding hydrogens is 1650 g/mol. The van der Waals surface area contributed by atoms with Gasteiger partial charge in [-0.05, 0) is 237 Å². The maximum absolute atomic E-state index is 12.5. The number of nitrogens with zero attached hydrogens (tertiary/aromatic N) is 16. The van der Waals surface area contributed by atoms with Gasteiger partial charge in [-0.2, -0.15) is 0 Å². The molecule has 9 aliphatic rings. The highest BCUT2D eigenvalue weighted by atomic mass is 35.5. The van der Waals surface area contributed by atoms with Crippen LogP contribution >= 0.6 is 11.6 Å². The lowest BCUT2D eigenvalue weighted by atomic mass is 9.82. The summed E-state index contributed by atoms with van der Waals surface area (Å²) >= 11 is 6.06. The van der Waals surface area contributed by atoms with Crippen LogP contribution in [0, 0.1) is 32.1 Å². The van der Waals surface area contributed by atoms with Crippen LogP contribution < -0.4 is 31.5 Å². The summed E-state index contributed by atoms with van der Waals surface area (Å²) in [6.45, 7) is 35.3. The minimum absolute atomic E-state index is 0.0208. The summed E-state index contributed by atoms with van der Waals surface area (Å²) in [5.74, 6) is 4.64. The van der Waals surface area contributed by atoms with E-state index in [-0.39, 0.29) is 71.0 Å². The second-order valence-electron chi connectivity index (χ2n) is 38.8. The van der Waals surface area contributed by atoms with Crippen LogP contribution in [-0.4, -0.2) is 198 Å². The van der Waals surface area contributed by atoms with Crippen molar-refractivity contribution in [1.29, 1.82) is 0 Å².